The van der Waals surface area contributed by atoms with Gasteiger partial charge in [-0.25, -0.2) is 9.59 Å². The Balaban J connectivity index is 3.20. The van der Waals surface area contributed by atoms with Crippen molar-refractivity contribution in [1.29, 1.82) is 0 Å². The molecule has 0 heterocycles. The van der Waals surface area contributed by atoms with Gasteiger partial charge in [0.25, 0.3) is 5.69 Å². The zero-order valence-electron chi connectivity index (χ0n) is 12.0. The molecule has 1 unspecified atom stereocenters. The number of nitro benzene ring substituents is 1. The fourth-order valence-corrected chi connectivity index (χ4v) is 2.23. The van der Waals surface area contributed by atoms with Crippen molar-refractivity contribution in [2.75, 3.05) is 0 Å². The first kappa shape index (κ1) is 19.2. The van der Waals surface area contributed by atoms with Gasteiger partial charge in [0.2, 0.25) is 0 Å². The molecule has 1 N–H and O–H groups in total. The first-order valence-corrected chi connectivity index (χ1v) is 7.32. The van der Waals surface area contributed by atoms with E-state index in [0.29, 0.717) is 3.57 Å². The number of carbonyl (C=O) groups excluding carboxylic acids is 1. The van der Waals surface area contributed by atoms with Gasteiger partial charge in [0.15, 0.2) is 6.10 Å². The molecule has 1 aromatic rings. The van der Waals surface area contributed by atoms with E-state index in [1.165, 1.54) is 19.9 Å². The fraction of sp³-hybridized carbons (Fsp3) is 0.385. The van der Waals surface area contributed by atoms with Crippen LogP contribution in [0.5, 0.6) is 0 Å². The van der Waals surface area contributed by atoms with Crippen LogP contribution in [0, 0.1) is 19.6 Å². The molecule has 10 heteroatoms. The summed E-state index contributed by atoms with van der Waals surface area (Å²) in [6, 6.07) is 3.51. The predicted octanol–water partition coefficient (Wildman–Crippen LogP) is 3.10. The SMILES string of the molecule is CC(C)C(OC(=O)c1ccc(I)cc1[N+](=O)[O-])C(F)(F)C(=O)O. The number of benzene rings is 1. The summed E-state index contributed by atoms with van der Waals surface area (Å²) < 4.78 is 32.3. The Bertz CT molecular complexity index is 649. The van der Waals surface area contributed by atoms with E-state index in [2.05, 4.69) is 4.74 Å². The maximum atomic E-state index is 13.6. The van der Waals surface area contributed by atoms with Crippen molar-refractivity contribution in [1.82, 2.24) is 0 Å². The summed E-state index contributed by atoms with van der Waals surface area (Å²) >= 11 is 1.78. The lowest BCUT2D eigenvalue weighted by Gasteiger charge is -2.26. The van der Waals surface area contributed by atoms with Crippen LogP contribution in [0.1, 0.15) is 24.2 Å². The standard InChI is InChI=1S/C13H12F2INO6/c1-6(2)10(13(14,15)12(19)20)23-11(18)8-4-3-7(16)5-9(8)17(21)22/h3-6,10H,1-2H3,(H,19,20). The molecule has 0 amide bonds. The second-order valence-corrected chi connectivity index (χ2v) is 6.16. The monoisotopic (exact) mass is 443 g/mol. The van der Waals surface area contributed by atoms with Gasteiger partial charge in [0, 0.05) is 9.64 Å². The van der Waals surface area contributed by atoms with Crippen molar-refractivity contribution < 1.29 is 33.1 Å². The van der Waals surface area contributed by atoms with Crippen LogP contribution in [0.4, 0.5) is 14.5 Å². The quantitative estimate of drug-likeness (QED) is 0.314. The van der Waals surface area contributed by atoms with Crippen molar-refractivity contribution in [3.63, 3.8) is 0 Å². The molecule has 0 aliphatic rings. The predicted molar refractivity (Wildman–Crippen MR) is 82.4 cm³/mol. The number of rotatable bonds is 6. The number of carbonyl (C=O) groups is 2. The minimum atomic E-state index is -4.32. The van der Waals surface area contributed by atoms with E-state index >= 15 is 0 Å². The highest BCUT2D eigenvalue weighted by Gasteiger charge is 2.52. The second kappa shape index (κ2) is 7.15. The molecule has 126 valence electrons. The molecule has 1 atom stereocenters. The van der Waals surface area contributed by atoms with E-state index in [0.717, 1.165) is 12.1 Å². The van der Waals surface area contributed by atoms with Crippen LogP contribution in [0.25, 0.3) is 0 Å². The Morgan fingerprint density at radius 3 is 2.39 bits per heavy atom. The number of nitro groups is 1. The smallest absolute Gasteiger partial charge is 0.378 e. The van der Waals surface area contributed by atoms with E-state index in [1.54, 1.807) is 22.6 Å². The van der Waals surface area contributed by atoms with Crippen LogP contribution in [0.3, 0.4) is 0 Å². The maximum Gasteiger partial charge on any atom is 0.378 e. The van der Waals surface area contributed by atoms with E-state index in [9.17, 15) is 28.5 Å². The fourth-order valence-electron chi connectivity index (χ4n) is 1.76. The second-order valence-electron chi connectivity index (χ2n) is 4.92. The van der Waals surface area contributed by atoms with E-state index in [4.69, 9.17) is 5.11 Å². The molecular weight excluding hydrogens is 431 g/mol. The summed E-state index contributed by atoms with van der Waals surface area (Å²) in [5, 5.41) is 19.5. The maximum absolute atomic E-state index is 13.6. The van der Waals surface area contributed by atoms with Crippen LogP contribution in [-0.2, 0) is 9.53 Å². The molecule has 7 nitrogen and oxygen atoms in total. The van der Waals surface area contributed by atoms with Crippen molar-refractivity contribution in [3.05, 3.63) is 37.4 Å². The minimum Gasteiger partial charge on any atom is -0.477 e. The van der Waals surface area contributed by atoms with Gasteiger partial charge in [0.05, 0.1) is 4.92 Å². The summed E-state index contributed by atoms with van der Waals surface area (Å²) in [5.41, 5.74) is -1.13. The van der Waals surface area contributed by atoms with Gasteiger partial charge < -0.3 is 9.84 Å². The number of ether oxygens (including phenoxy) is 1. The average Bonchev–Trinajstić information content (AvgIpc) is 2.43. The highest BCUT2D eigenvalue weighted by molar-refractivity contribution is 14.1. The molecular formula is C13H12F2INO6. The molecule has 1 aromatic carbocycles. The molecule has 0 fully saturated rings. The Hall–Kier alpha value is -1.85. The zero-order valence-corrected chi connectivity index (χ0v) is 14.1. The van der Waals surface area contributed by atoms with Crippen LogP contribution in [-0.4, -0.2) is 34.0 Å². The lowest BCUT2D eigenvalue weighted by atomic mass is 10.0. The van der Waals surface area contributed by atoms with Crippen molar-refractivity contribution >= 4 is 40.2 Å². The summed E-state index contributed by atoms with van der Waals surface area (Å²) in [5.74, 6) is -9.16. The molecule has 1 rings (SSSR count). The van der Waals surface area contributed by atoms with Gasteiger partial charge in [-0.15, -0.1) is 0 Å². The van der Waals surface area contributed by atoms with Crippen molar-refractivity contribution in [2.24, 2.45) is 5.92 Å². The van der Waals surface area contributed by atoms with Crippen molar-refractivity contribution in [2.45, 2.75) is 25.9 Å². The first-order valence-electron chi connectivity index (χ1n) is 6.24. The van der Waals surface area contributed by atoms with Gasteiger partial charge in [-0.05, 0) is 40.6 Å². The highest BCUT2D eigenvalue weighted by Crippen LogP contribution is 2.30. The van der Waals surface area contributed by atoms with Crippen LogP contribution < -0.4 is 0 Å². The Labute approximate surface area is 142 Å². The number of aliphatic carboxylic acids is 1. The van der Waals surface area contributed by atoms with Crippen LogP contribution >= 0.6 is 22.6 Å². The van der Waals surface area contributed by atoms with Gasteiger partial charge in [-0.2, -0.15) is 8.78 Å². The number of carboxylic acid groups (broad SMARTS) is 1. The third kappa shape index (κ3) is 4.33. The molecule has 0 saturated heterocycles. The summed E-state index contributed by atoms with van der Waals surface area (Å²) in [7, 11) is 0. The summed E-state index contributed by atoms with van der Waals surface area (Å²) in [6.45, 7) is 2.49. The molecule has 0 radical (unpaired) electrons. The van der Waals surface area contributed by atoms with Gasteiger partial charge in [0.1, 0.15) is 5.56 Å². The Morgan fingerprint density at radius 2 is 1.96 bits per heavy atom. The first-order chi connectivity index (χ1) is 10.5. The largest absolute Gasteiger partial charge is 0.477 e. The summed E-state index contributed by atoms with van der Waals surface area (Å²) in [4.78, 5) is 32.8. The molecule has 0 spiro atoms. The van der Waals surface area contributed by atoms with Crippen molar-refractivity contribution in [3.8, 4) is 0 Å². The number of nitrogens with zero attached hydrogens (tertiary/aromatic N) is 1. The average molecular weight is 443 g/mol. The van der Waals surface area contributed by atoms with E-state index < -0.39 is 46.1 Å². The number of carboxylic acids is 1. The van der Waals surface area contributed by atoms with E-state index in [-0.39, 0.29) is 0 Å². The third-order valence-electron chi connectivity index (χ3n) is 2.86. The zero-order chi connectivity index (χ0) is 17.9. The Kier molecular flexibility index (Phi) is 5.97. The highest BCUT2D eigenvalue weighted by atomic mass is 127. The molecule has 0 aliphatic heterocycles. The molecule has 0 bridgehead atoms. The van der Waals surface area contributed by atoms with Crippen LogP contribution in [0.15, 0.2) is 18.2 Å². The van der Waals surface area contributed by atoms with Gasteiger partial charge >= 0.3 is 17.9 Å². The minimum absolute atomic E-state index is 0.460. The van der Waals surface area contributed by atoms with Crippen LogP contribution in [0.2, 0.25) is 0 Å². The molecule has 23 heavy (non-hydrogen) atoms. The number of hydrogen-bond acceptors (Lipinski definition) is 5. The van der Waals surface area contributed by atoms with Gasteiger partial charge in [-0.3, -0.25) is 10.1 Å². The normalized spacial score (nSPS) is 12.8. The molecule has 0 saturated carbocycles. The van der Waals surface area contributed by atoms with E-state index in [1.807, 2.05) is 0 Å². The molecule has 0 aromatic heterocycles. The topological polar surface area (TPSA) is 107 Å². The number of alkyl halides is 2. The summed E-state index contributed by atoms with van der Waals surface area (Å²) in [6.07, 6.45) is -2.26. The number of esters is 1. The number of halogens is 3. The lowest BCUT2D eigenvalue weighted by molar-refractivity contribution is -0.385. The Morgan fingerprint density at radius 1 is 1.39 bits per heavy atom. The molecule has 0 aliphatic carbocycles. The number of hydrogen-bond donors (Lipinski definition) is 1. The lowest BCUT2D eigenvalue weighted by Crippen LogP contribution is -2.47. The third-order valence-corrected chi connectivity index (χ3v) is 3.53. The van der Waals surface area contributed by atoms with Gasteiger partial charge in [-0.1, -0.05) is 13.8 Å².